The van der Waals surface area contributed by atoms with Crippen molar-refractivity contribution >= 4 is 22.5 Å². The number of nitrogens with zero attached hydrogens (tertiary/aromatic N) is 5. The van der Waals surface area contributed by atoms with Gasteiger partial charge in [0.1, 0.15) is 17.3 Å². The van der Waals surface area contributed by atoms with Crippen molar-refractivity contribution in [3.8, 4) is 22.8 Å². The van der Waals surface area contributed by atoms with Crippen molar-refractivity contribution in [2.45, 2.75) is 53.4 Å². The monoisotopic (exact) mass is 575 g/mol. The van der Waals surface area contributed by atoms with Gasteiger partial charge in [0.15, 0.2) is 11.6 Å². The van der Waals surface area contributed by atoms with Crippen LogP contribution in [0.5, 0.6) is 5.88 Å². The van der Waals surface area contributed by atoms with Gasteiger partial charge in [0.25, 0.3) is 0 Å². The predicted molar refractivity (Wildman–Crippen MR) is 157 cm³/mol. The number of aryl methyl sites for hydroxylation is 1. The zero-order chi connectivity index (χ0) is 29.3. The molecule has 0 saturated heterocycles. The Bertz CT molecular complexity index is 1780. The van der Waals surface area contributed by atoms with Crippen LogP contribution in [0.25, 0.3) is 27.8 Å². The van der Waals surface area contributed by atoms with Crippen LogP contribution < -0.4 is 10.4 Å². The minimum Gasteiger partial charge on any atom is -0.480 e. The molecular formula is C31H31ClFN5O3. The van der Waals surface area contributed by atoms with Crippen molar-refractivity contribution in [2.75, 3.05) is 7.11 Å². The van der Waals surface area contributed by atoms with E-state index in [-0.39, 0.29) is 24.1 Å². The summed E-state index contributed by atoms with van der Waals surface area (Å²) in [5, 5.41) is 5.53. The Hall–Kier alpha value is -4.08. The summed E-state index contributed by atoms with van der Waals surface area (Å²) in [5.41, 5.74) is 4.05. The quantitative estimate of drug-likeness (QED) is 0.196. The molecule has 0 unspecified atom stereocenters. The lowest BCUT2D eigenvalue weighted by Crippen LogP contribution is -2.24. The summed E-state index contributed by atoms with van der Waals surface area (Å²) < 4.78 is 29.4. The molecule has 0 aliphatic rings. The molecule has 41 heavy (non-hydrogen) atoms. The molecular weight excluding hydrogens is 545 g/mol. The second kappa shape index (κ2) is 11.8. The second-order valence-corrected chi connectivity index (χ2v) is 10.4. The molecule has 10 heteroatoms. The van der Waals surface area contributed by atoms with Crippen molar-refractivity contribution in [1.82, 2.24) is 24.3 Å². The molecule has 0 N–H and O–H groups in total. The third kappa shape index (κ3) is 5.47. The van der Waals surface area contributed by atoms with Gasteiger partial charge in [0.05, 0.1) is 24.9 Å². The summed E-state index contributed by atoms with van der Waals surface area (Å²) >= 11 is 6.63. The van der Waals surface area contributed by atoms with Crippen molar-refractivity contribution in [3.63, 3.8) is 0 Å². The summed E-state index contributed by atoms with van der Waals surface area (Å²) in [6, 6.07) is 14.6. The average molecular weight is 576 g/mol. The fourth-order valence-electron chi connectivity index (χ4n) is 4.90. The molecule has 3 heterocycles. The van der Waals surface area contributed by atoms with Gasteiger partial charge in [-0.25, -0.2) is 19.2 Å². The first-order valence-corrected chi connectivity index (χ1v) is 13.8. The number of halogens is 2. The summed E-state index contributed by atoms with van der Waals surface area (Å²) in [6.45, 7) is 8.67. The molecule has 3 aromatic heterocycles. The zero-order valence-electron chi connectivity index (χ0n) is 23.6. The highest BCUT2D eigenvalue weighted by Gasteiger charge is 2.21. The zero-order valence-corrected chi connectivity index (χ0v) is 24.4. The summed E-state index contributed by atoms with van der Waals surface area (Å²) in [5.74, 6) is 0.150. The first kappa shape index (κ1) is 28.4. The second-order valence-electron chi connectivity index (χ2n) is 10.0. The summed E-state index contributed by atoms with van der Waals surface area (Å²) in [4.78, 5) is 22.3. The van der Waals surface area contributed by atoms with Crippen molar-refractivity contribution in [2.24, 2.45) is 0 Å². The lowest BCUT2D eigenvalue weighted by atomic mass is 9.95. The molecule has 0 radical (unpaired) electrons. The van der Waals surface area contributed by atoms with Crippen LogP contribution in [-0.4, -0.2) is 31.4 Å². The number of fused-ring (bicyclic) bond motifs is 1. The SMILES string of the molecule is CCn1c(COCc2ccccc2)nn(-c2cc3c(C(C)C)cc(-c4c(C)cnc(OC)c4Cl)nc3cc2F)c1=O. The van der Waals surface area contributed by atoms with E-state index < -0.39 is 11.5 Å². The Morgan fingerprint density at radius 1 is 1.10 bits per heavy atom. The lowest BCUT2D eigenvalue weighted by molar-refractivity contribution is 0.0989. The minimum absolute atomic E-state index is 0.0512. The lowest BCUT2D eigenvalue weighted by Gasteiger charge is -2.16. The smallest absolute Gasteiger partial charge is 0.350 e. The molecule has 0 saturated carbocycles. The molecule has 0 aliphatic heterocycles. The maximum absolute atomic E-state index is 15.7. The maximum atomic E-state index is 15.7. The van der Waals surface area contributed by atoms with Gasteiger partial charge in [-0.05, 0) is 48.6 Å². The average Bonchev–Trinajstić information content (AvgIpc) is 3.27. The molecule has 212 valence electrons. The highest BCUT2D eigenvalue weighted by molar-refractivity contribution is 6.34. The van der Waals surface area contributed by atoms with Gasteiger partial charge in [-0.15, -0.1) is 5.10 Å². The van der Waals surface area contributed by atoms with E-state index in [4.69, 9.17) is 26.1 Å². The third-order valence-corrected chi connectivity index (χ3v) is 7.33. The highest BCUT2D eigenvalue weighted by Crippen LogP contribution is 2.38. The van der Waals surface area contributed by atoms with Crippen molar-refractivity contribution in [3.05, 3.63) is 98.6 Å². The fraction of sp³-hybridized carbons (Fsp3) is 0.290. The van der Waals surface area contributed by atoms with Gasteiger partial charge in [-0.3, -0.25) is 4.57 Å². The first-order valence-electron chi connectivity index (χ1n) is 13.4. The minimum atomic E-state index is -0.619. The Morgan fingerprint density at radius 2 is 1.85 bits per heavy atom. The van der Waals surface area contributed by atoms with E-state index in [0.29, 0.717) is 40.8 Å². The van der Waals surface area contributed by atoms with Gasteiger partial charge < -0.3 is 9.47 Å². The molecule has 0 bridgehead atoms. The molecule has 2 aromatic carbocycles. The number of benzene rings is 2. The Balaban J connectivity index is 1.59. The van der Waals surface area contributed by atoms with Gasteiger partial charge in [0, 0.05) is 29.8 Å². The number of hydrogen-bond donors (Lipinski definition) is 0. The van der Waals surface area contributed by atoms with Crippen molar-refractivity contribution in [1.29, 1.82) is 0 Å². The van der Waals surface area contributed by atoms with Crippen LogP contribution in [-0.2, 0) is 24.5 Å². The topological polar surface area (TPSA) is 84.1 Å². The number of hydrogen-bond acceptors (Lipinski definition) is 6. The van der Waals surface area contributed by atoms with Crippen LogP contribution in [0.4, 0.5) is 4.39 Å². The van der Waals surface area contributed by atoms with Crippen molar-refractivity contribution < 1.29 is 13.9 Å². The molecule has 5 rings (SSSR count). The van der Waals surface area contributed by atoms with Gasteiger partial charge in [-0.1, -0.05) is 55.8 Å². The third-order valence-electron chi connectivity index (χ3n) is 6.98. The van der Waals surface area contributed by atoms with E-state index in [9.17, 15) is 4.79 Å². The van der Waals surface area contributed by atoms with Crippen LogP contribution in [0.3, 0.4) is 0 Å². The van der Waals surface area contributed by atoms with Gasteiger partial charge >= 0.3 is 5.69 Å². The molecule has 0 atom stereocenters. The number of rotatable bonds is 9. The number of methoxy groups -OCH3 is 1. The molecule has 0 aliphatic carbocycles. The molecule has 0 amide bonds. The van der Waals surface area contributed by atoms with E-state index in [0.717, 1.165) is 26.8 Å². The standard InChI is InChI=1S/C31H31ClFN5O3/c1-6-37-27(17-41-16-20-10-8-7-9-11-20)36-38(31(37)39)26-13-22-21(18(2)3)12-25(35-24(22)14-23(26)33)28-19(4)15-34-30(40-5)29(28)32/h7-15,18H,6,16-17H2,1-5H3. The van der Waals surface area contributed by atoms with E-state index in [1.165, 1.54) is 17.7 Å². The van der Waals surface area contributed by atoms with Gasteiger partial charge in [0.2, 0.25) is 5.88 Å². The molecule has 0 fully saturated rings. The van der Waals surface area contributed by atoms with Crippen LogP contribution in [0.1, 0.15) is 49.2 Å². The maximum Gasteiger partial charge on any atom is 0.350 e. The first-order chi connectivity index (χ1) is 19.7. The number of ether oxygens (including phenoxy) is 2. The van der Waals surface area contributed by atoms with Crippen LogP contribution in [0.2, 0.25) is 5.02 Å². The van der Waals surface area contributed by atoms with Gasteiger partial charge in [-0.2, -0.15) is 4.68 Å². The number of pyridine rings is 2. The fourth-order valence-corrected chi connectivity index (χ4v) is 5.27. The molecule has 8 nitrogen and oxygen atoms in total. The van der Waals surface area contributed by atoms with Crippen LogP contribution in [0.15, 0.2) is 59.5 Å². The van der Waals surface area contributed by atoms with E-state index in [1.807, 2.05) is 64.1 Å². The number of aromatic nitrogens is 5. The normalized spacial score (nSPS) is 11.5. The largest absolute Gasteiger partial charge is 0.480 e. The van der Waals surface area contributed by atoms with Crippen LogP contribution >= 0.6 is 11.6 Å². The predicted octanol–water partition coefficient (Wildman–Crippen LogP) is 6.61. The Morgan fingerprint density at radius 3 is 2.54 bits per heavy atom. The highest BCUT2D eigenvalue weighted by atomic mass is 35.5. The van der Waals surface area contributed by atoms with E-state index >= 15 is 4.39 Å². The van der Waals surface area contributed by atoms with E-state index in [1.54, 1.807) is 12.3 Å². The molecule has 5 aromatic rings. The Labute approximate surface area is 242 Å². The van der Waals surface area contributed by atoms with Crippen LogP contribution in [0, 0.1) is 12.7 Å². The summed E-state index contributed by atoms with van der Waals surface area (Å²) in [7, 11) is 1.50. The summed E-state index contributed by atoms with van der Waals surface area (Å²) in [6.07, 6.45) is 1.67. The van der Waals surface area contributed by atoms with E-state index in [2.05, 4.69) is 10.1 Å². The Kier molecular flexibility index (Phi) is 8.19. The molecule has 0 spiro atoms.